The molecule has 0 bridgehead atoms. The summed E-state index contributed by atoms with van der Waals surface area (Å²) in [5.41, 5.74) is 0. The van der Waals surface area contributed by atoms with Crippen molar-refractivity contribution < 1.29 is 9.90 Å². The third kappa shape index (κ3) is 5.13. The van der Waals surface area contributed by atoms with Gasteiger partial charge in [0.2, 0.25) is 0 Å². The molecular weight excluding hydrogens is 154 g/mol. The average Bonchev–Trinajstić information content (AvgIpc) is 2.08. The van der Waals surface area contributed by atoms with Gasteiger partial charge in [-0.25, -0.2) is 0 Å². The van der Waals surface area contributed by atoms with Crippen LogP contribution < -0.4 is 5.32 Å². The SMILES string of the molecule is CC.O=C(O)CC1CCNCC1. The molecule has 0 aromatic heterocycles. The van der Waals surface area contributed by atoms with Crippen molar-refractivity contribution in [3.63, 3.8) is 0 Å². The predicted octanol–water partition coefficient (Wildman–Crippen LogP) is 1.49. The van der Waals surface area contributed by atoms with Gasteiger partial charge < -0.3 is 10.4 Å². The lowest BCUT2D eigenvalue weighted by atomic mass is 9.95. The molecule has 12 heavy (non-hydrogen) atoms. The zero-order valence-corrected chi connectivity index (χ0v) is 7.97. The van der Waals surface area contributed by atoms with Crippen molar-refractivity contribution >= 4 is 5.97 Å². The van der Waals surface area contributed by atoms with Crippen LogP contribution in [0.15, 0.2) is 0 Å². The van der Waals surface area contributed by atoms with Gasteiger partial charge in [0.25, 0.3) is 0 Å². The maximum absolute atomic E-state index is 10.2. The normalized spacial score (nSPS) is 17.8. The highest BCUT2D eigenvalue weighted by Gasteiger charge is 2.15. The summed E-state index contributed by atoms with van der Waals surface area (Å²) in [6, 6.07) is 0. The Morgan fingerprint density at radius 1 is 1.42 bits per heavy atom. The summed E-state index contributed by atoms with van der Waals surface area (Å²) in [5.74, 6) is -0.245. The largest absolute Gasteiger partial charge is 0.481 e. The van der Waals surface area contributed by atoms with Crippen LogP contribution in [0.2, 0.25) is 0 Å². The molecule has 0 aliphatic carbocycles. The van der Waals surface area contributed by atoms with Crippen LogP contribution in [0.1, 0.15) is 33.1 Å². The third-order valence-electron chi connectivity index (χ3n) is 1.92. The standard InChI is InChI=1S/C7H13NO2.C2H6/c9-7(10)5-6-1-3-8-4-2-6;1-2/h6,8H,1-5H2,(H,9,10);1-2H3. The van der Waals surface area contributed by atoms with Crippen molar-refractivity contribution in [2.75, 3.05) is 13.1 Å². The molecule has 3 nitrogen and oxygen atoms in total. The van der Waals surface area contributed by atoms with Gasteiger partial charge in [-0.2, -0.15) is 0 Å². The lowest BCUT2D eigenvalue weighted by Crippen LogP contribution is -2.28. The van der Waals surface area contributed by atoms with E-state index in [0.717, 1.165) is 25.9 Å². The van der Waals surface area contributed by atoms with E-state index in [1.807, 2.05) is 13.8 Å². The smallest absolute Gasteiger partial charge is 0.303 e. The second-order valence-corrected chi connectivity index (χ2v) is 2.79. The van der Waals surface area contributed by atoms with Gasteiger partial charge in [0.05, 0.1) is 0 Å². The summed E-state index contributed by atoms with van der Waals surface area (Å²) in [6.45, 7) is 5.97. The van der Waals surface area contributed by atoms with E-state index in [9.17, 15) is 4.79 Å². The van der Waals surface area contributed by atoms with Gasteiger partial charge in [-0.1, -0.05) is 13.8 Å². The van der Waals surface area contributed by atoms with Gasteiger partial charge in [0, 0.05) is 6.42 Å². The summed E-state index contributed by atoms with van der Waals surface area (Å²) in [7, 11) is 0. The van der Waals surface area contributed by atoms with Crippen LogP contribution in [-0.2, 0) is 4.79 Å². The fourth-order valence-electron chi connectivity index (χ4n) is 1.33. The molecule has 1 fully saturated rings. The van der Waals surface area contributed by atoms with Crippen LogP contribution >= 0.6 is 0 Å². The zero-order chi connectivity index (χ0) is 9.40. The van der Waals surface area contributed by atoms with Crippen molar-refractivity contribution in [1.29, 1.82) is 0 Å². The van der Waals surface area contributed by atoms with E-state index in [1.165, 1.54) is 0 Å². The second-order valence-electron chi connectivity index (χ2n) is 2.79. The lowest BCUT2D eigenvalue weighted by molar-refractivity contribution is -0.138. The molecule has 0 aromatic carbocycles. The number of piperidine rings is 1. The number of carboxylic acid groups (broad SMARTS) is 1. The number of carboxylic acids is 1. The van der Waals surface area contributed by atoms with Gasteiger partial charge in [-0.15, -0.1) is 0 Å². The van der Waals surface area contributed by atoms with Crippen LogP contribution in [0.3, 0.4) is 0 Å². The topological polar surface area (TPSA) is 49.3 Å². The first-order valence-corrected chi connectivity index (χ1v) is 4.71. The Kier molecular flexibility index (Phi) is 6.76. The van der Waals surface area contributed by atoms with Crippen molar-refractivity contribution in [2.24, 2.45) is 5.92 Å². The molecule has 1 aliphatic rings. The molecule has 0 amide bonds. The summed E-state index contributed by atoms with van der Waals surface area (Å²) in [4.78, 5) is 10.2. The van der Waals surface area contributed by atoms with Crippen molar-refractivity contribution in [2.45, 2.75) is 33.1 Å². The van der Waals surface area contributed by atoms with Gasteiger partial charge in [0.15, 0.2) is 0 Å². The van der Waals surface area contributed by atoms with Crippen molar-refractivity contribution in [1.82, 2.24) is 5.32 Å². The van der Waals surface area contributed by atoms with E-state index in [2.05, 4.69) is 5.32 Å². The molecule has 0 spiro atoms. The quantitative estimate of drug-likeness (QED) is 0.665. The second kappa shape index (κ2) is 7.10. The number of hydrogen-bond donors (Lipinski definition) is 2. The highest BCUT2D eigenvalue weighted by molar-refractivity contribution is 5.67. The summed E-state index contributed by atoms with van der Waals surface area (Å²) < 4.78 is 0. The Labute approximate surface area is 74.2 Å². The van der Waals surface area contributed by atoms with E-state index >= 15 is 0 Å². The molecule has 1 saturated heterocycles. The molecule has 0 unspecified atom stereocenters. The molecule has 0 atom stereocenters. The molecule has 3 heteroatoms. The van der Waals surface area contributed by atoms with Crippen LogP contribution in [0.25, 0.3) is 0 Å². The molecule has 1 rings (SSSR count). The third-order valence-corrected chi connectivity index (χ3v) is 1.92. The molecule has 2 N–H and O–H groups in total. The lowest BCUT2D eigenvalue weighted by Gasteiger charge is -2.20. The maximum atomic E-state index is 10.2. The Hall–Kier alpha value is -0.570. The van der Waals surface area contributed by atoms with Crippen LogP contribution in [0, 0.1) is 5.92 Å². The molecule has 1 heterocycles. The first-order valence-electron chi connectivity index (χ1n) is 4.71. The fourth-order valence-corrected chi connectivity index (χ4v) is 1.33. The van der Waals surface area contributed by atoms with Gasteiger partial charge in [0.1, 0.15) is 0 Å². The Morgan fingerprint density at radius 2 is 1.92 bits per heavy atom. The van der Waals surface area contributed by atoms with E-state index in [-0.39, 0.29) is 0 Å². The highest BCUT2D eigenvalue weighted by Crippen LogP contribution is 2.14. The first-order chi connectivity index (χ1) is 5.79. The summed E-state index contributed by atoms with van der Waals surface area (Å²) in [5, 5.41) is 11.6. The van der Waals surface area contributed by atoms with Crippen molar-refractivity contribution in [3.8, 4) is 0 Å². The molecule has 0 aromatic rings. The molecule has 0 radical (unpaired) electrons. The first kappa shape index (κ1) is 11.4. The Balaban J connectivity index is 0.000000561. The Morgan fingerprint density at radius 3 is 2.33 bits per heavy atom. The Bertz CT molecular complexity index is 120. The fraction of sp³-hybridized carbons (Fsp3) is 0.889. The molecular formula is C9H19NO2. The molecule has 72 valence electrons. The van der Waals surface area contributed by atoms with Crippen molar-refractivity contribution in [3.05, 3.63) is 0 Å². The summed E-state index contributed by atoms with van der Waals surface area (Å²) >= 11 is 0. The van der Waals surface area contributed by atoms with Gasteiger partial charge in [-0.05, 0) is 31.8 Å². The van der Waals surface area contributed by atoms with Gasteiger partial charge in [-0.3, -0.25) is 4.79 Å². The van der Waals surface area contributed by atoms with Crippen LogP contribution in [0.4, 0.5) is 0 Å². The minimum Gasteiger partial charge on any atom is -0.481 e. The number of carbonyl (C=O) groups is 1. The van der Waals surface area contributed by atoms with E-state index in [4.69, 9.17) is 5.11 Å². The summed E-state index contributed by atoms with van der Waals surface area (Å²) in [6.07, 6.45) is 2.39. The van der Waals surface area contributed by atoms with Crippen LogP contribution in [-0.4, -0.2) is 24.2 Å². The number of hydrogen-bond acceptors (Lipinski definition) is 2. The van der Waals surface area contributed by atoms with E-state index in [1.54, 1.807) is 0 Å². The maximum Gasteiger partial charge on any atom is 0.303 e. The predicted molar refractivity (Wildman–Crippen MR) is 49.2 cm³/mol. The number of nitrogens with one attached hydrogen (secondary N) is 1. The van der Waals surface area contributed by atoms with Gasteiger partial charge >= 0.3 is 5.97 Å². The molecule has 1 aliphatic heterocycles. The highest BCUT2D eigenvalue weighted by atomic mass is 16.4. The monoisotopic (exact) mass is 173 g/mol. The van der Waals surface area contributed by atoms with E-state index < -0.39 is 5.97 Å². The number of rotatable bonds is 2. The number of aliphatic carboxylic acids is 1. The average molecular weight is 173 g/mol. The molecule has 0 saturated carbocycles. The minimum atomic E-state index is -0.660. The van der Waals surface area contributed by atoms with E-state index in [0.29, 0.717) is 12.3 Å². The minimum absolute atomic E-state index is 0.349. The van der Waals surface area contributed by atoms with Crippen LogP contribution in [0.5, 0.6) is 0 Å². The zero-order valence-electron chi connectivity index (χ0n) is 7.97.